The van der Waals surface area contributed by atoms with Gasteiger partial charge in [0, 0.05) is 28.8 Å². The number of hydrogen-bond acceptors (Lipinski definition) is 2. The Kier molecular flexibility index (Phi) is 3.60. The lowest BCUT2D eigenvalue weighted by Gasteiger charge is -2.19. The number of nitrogens with zero attached hydrogens (tertiary/aromatic N) is 3. The molecule has 2 aliphatic rings. The van der Waals surface area contributed by atoms with Crippen LogP contribution in [0.5, 0.6) is 0 Å². The third-order valence-corrected chi connectivity index (χ3v) is 5.99. The maximum atomic E-state index is 14.6. The van der Waals surface area contributed by atoms with Crippen LogP contribution < -0.4 is 4.90 Å². The molecule has 0 atom stereocenters. The molecule has 1 aromatic carbocycles. The molecule has 1 spiro atoms. The van der Waals surface area contributed by atoms with Crippen LogP contribution in [0.25, 0.3) is 10.9 Å². The van der Waals surface area contributed by atoms with Gasteiger partial charge in [-0.05, 0) is 49.1 Å². The van der Waals surface area contributed by atoms with Crippen LogP contribution in [0.2, 0.25) is 5.02 Å². The summed E-state index contributed by atoms with van der Waals surface area (Å²) in [4.78, 5) is 19.2. The number of aromatic nitrogens is 2. The van der Waals surface area contributed by atoms with E-state index in [0.29, 0.717) is 23.6 Å². The fourth-order valence-corrected chi connectivity index (χ4v) is 4.62. The van der Waals surface area contributed by atoms with Gasteiger partial charge in [0.1, 0.15) is 5.82 Å². The molecule has 0 bridgehead atoms. The number of carbonyl (C=O) groups is 1. The second-order valence-electron chi connectivity index (χ2n) is 7.48. The number of fused-ring (bicyclic) bond motifs is 3. The highest BCUT2D eigenvalue weighted by molar-refractivity contribution is 6.31. The molecule has 138 valence electrons. The minimum absolute atomic E-state index is 0.136. The number of benzene rings is 1. The minimum atomic E-state index is -0.353. The van der Waals surface area contributed by atoms with Gasteiger partial charge in [0.15, 0.2) is 0 Å². The number of aryl methyl sites for hydroxylation is 1. The lowest BCUT2D eigenvalue weighted by atomic mass is 9.99. The van der Waals surface area contributed by atoms with Gasteiger partial charge in [0.25, 0.3) is 0 Å². The maximum absolute atomic E-state index is 14.6. The molecule has 1 amide bonds. The molecule has 1 aliphatic carbocycles. The van der Waals surface area contributed by atoms with Crippen molar-refractivity contribution in [3.05, 3.63) is 58.8 Å². The van der Waals surface area contributed by atoms with Crippen LogP contribution in [-0.4, -0.2) is 15.5 Å². The largest absolute Gasteiger partial charge is 0.340 e. The molecule has 1 fully saturated rings. The van der Waals surface area contributed by atoms with Gasteiger partial charge >= 0.3 is 0 Å². The summed E-state index contributed by atoms with van der Waals surface area (Å²) < 4.78 is 16.6. The lowest BCUT2D eigenvalue weighted by Crippen LogP contribution is -2.32. The second-order valence-corrected chi connectivity index (χ2v) is 7.92. The molecular formula is C21H19ClFN3O. The Morgan fingerprint density at radius 3 is 2.85 bits per heavy atom. The van der Waals surface area contributed by atoms with Crippen LogP contribution in [0.1, 0.15) is 37.4 Å². The van der Waals surface area contributed by atoms with E-state index >= 15 is 0 Å². The molecule has 3 aromatic rings. The molecule has 5 rings (SSSR count). The van der Waals surface area contributed by atoms with Crippen molar-refractivity contribution in [2.24, 2.45) is 0 Å². The van der Waals surface area contributed by atoms with Crippen molar-refractivity contribution in [2.75, 3.05) is 4.90 Å². The number of amides is 1. The van der Waals surface area contributed by atoms with Gasteiger partial charge in [-0.25, -0.2) is 4.39 Å². The zero-order valence-corrected chi connectivity index (χ0v) is 15.8. The number of pyridine rings is 1. The standard InChI is InChI=1S/C21H19ClFN3O/c1-2-7-25-15(9-13-8-14(22)10-17(23)19(13)25)12-26-18-11-24-6-3-16(18)21(4-5-21)20(26)27/h3,6,8-11H,2,4-5,7,12H2,1H3. The number of anilines is 1. The topological polar surface area (TPSA) is 38.1 Å². The van der Waals surface area contributed by atoms with Crippen LogP contribution in [-0.2, 0) is 23.3 Å². The second kappa shape index (κ2) is 5.80. The third kappa shape index (κ3) is 2.34. The summed E-state index contributed by atoms with van der Waals surface area (Å²) in [6.45, 7) is 3.15. The molecule has 0 N–H and O–H groups in total. The molecule has 0 saturated heterocycles. The molecule has 3 heterocycles. The predicted molar refractivity (Wildman–Crippen MR) is 104 cm³/mol. The van der Waals surface area contributed by atoms with Crippen molar-refractivity contribution >= 4 is 34.1 Å². The van der Waals surface area contributed by atoms with E-state index in [1.165, 1.54) is 6.07 Å². The Hall–Kier alpha value is -2.40. The van der Waals surface area contributed by atoms with Gasteiger partial charge in [-0.2, -0.15) is 0 Å². The third-order valence-electron chi connectivity index (χ3n) is 5.77. The average Bonchev–Trinajstić information content (AvgIpc) is 3.33. The number of hydrogen-bond donors (Lipinski definition) is 0. The highest BCUT2D eigenvalue weighted by Crippen LogP contribution is 2.57. The monoisotopic (exact) mass is 383 g/mol. The Balaban J connectivity index is 1.62. The quantitative estimate of drug-likeness (QED) is 0.648. The average molecular weight is 384 g/mol. The van der Waals surface area contributed by atoms with Crippen LogP contribution >= 0.6 is 11.6 Å². The van der Waals surface area contributed by atoms with E-state index < -0.39 is 0 Å². The SMILES string of the molecule is CCCn1c(CN2C(=O)C3(CC3)c3ccncc32)cc2cc(Cl)cc(F)c21. The van der Waals surface area contributed by atoms with Crippen molar-refractivity contribution in [3.63, 3.8) is 0 Å². The van der Waals surface area contributed by atoms with E-state index in [4.69, 9.17) is 11.6 Å². The fourth-order valence-electron chi connectivity index (χ4n) is 4.41. The predicted octanol–water partition coefficient (Wildman–Crippen LogP) is 4.82. The molecule has 1 aliphatic heterocycles. The number of carbonyl (C=O) groups excluding carboxylic acids is 1. The maximum Gasteiger partial charge on any atom is 0.238 e. The minimum Gasteiger partial charge on any atom is -0.340 e. The summed E-state index contributed by atoms with van der Waals surface area (Å²) in [6.07, 6.45) is 6.17. The first-order valence-corrected chi connectivity index (χ1v) is 9.66. The number of rotatable bonds is 4. The zero-order valence-electron chi connectivity index (χ0n) is 15.0. The summed E-state index contributed by atoms with van der Waals surface area (Å²) in [5.74, 6) is -0.192. The first-order valence-electron chi connectivity index (χ1n) is 9.29. The van der Waals surface area contributed by atoms with E-state index in [2.05, 4.69) is 11.9 Å². The van der Waals surface area contributed by atoms with Crippen LogP contribution in [0.3, 0.4) is 0 Å². The summed E-state index contributed by atoms with van der Waals surface area (Å²) in [5.41, 5.74) is 3.07. The molecule has 27 heavy (non-hydrogen) atoms. The van der Waals surface area contributed by atoms with Crippen LogP contribution in [0, 0.1) is 5.82 Å². The van der Waals surface area contributed by atoms with Crippen molar-refractivity contribution in [3.8, 4) is 0 Å². The first kappa shape index (κ1) is 16.8. The van der Waals surface area contributed by atoms with Gasteiger partial charge in [0.2, 0.25) is 5.91 Å². The van der Waals surface area contributed by atoms with Crippen LogP contribution in [0.4, 0.5) is 10.1 Å². The highest BCUT2D eigenvalue weighted by Gasteiger charge is 2.59. The molecule has 1 saturated carbocycles. The Morgan fingerprint density at radius 2 is 2.11 bits per heavy atom. The Morgan fingerprint density at radius 1 is 1.30 bits per heavy atom. The molecule has 4 nitrogen and oxygen atoms in total. The highest BCUT2D eigenvalue weighted by atomic mass is 35.5. The summed E-state index contributed by atoms with van der Waals surface area (Å²) in [5, 5.41) is 1.14. The molecule has 2 aromatic heterocycles. The van der Waals surface area contributed by atoms with E-state index in [1.54, 1.807) is 18.5 Å². The normalized spacial score (nSPS) is 17.1. The summed E-state index contributed by atoms with van der Waals surface area (Å²) in [6, 6.07) is 7.03. The van der Waals surface area contributed by atoms with Gasteiger partial charge in [-0.1, -0.05) is 18.5 Å². The van der Waals surface area contributed by atoms with E-state index in [-0.39, 0.29) is 17.1 Å². The molecule has 6 heteroatoms. The van der Waals surface area contributed by atoms with Crippen molar-refractivity contribution < 1.29 is 9.18 Å². The smallest absolute Gasteiger partial charge is 0.238 e. The van der Waals surface area contributed by atoms with Gasteiger partial charge in [0.05, 0.1) is 29.4 Å². The van der Waals surface area contributed by atoms with E-state index in [0.717, 1.165) is 41.6 Å². The van der Waals surface area contributed by atoms with Gasteiger partial charge in [-0.15, -0.1) is 0 Å². The number of halogens is 2. The van der Waals surface area contributed by atoms with Crippen LogP contribution in [0.15, 0.2) is 36.7 Å². The zero-order chi connectivity index (χ0) is 18.8. The lowest BCUT2D eigenvalue weighted by molar-refractivity contribution is -0.120. The molecule has 0 unspecified atom stereocenters. The Labute approximate surface area is 161 Å². The molecule has 0 radical (unpaired) electrons. The first-order chi connectivity index (χ1) is 13.0. The van der Waals surface area contributed by atoms with Crippen molar-refractivity contribution in [1.29, 1.82) is 0 Å². The van der Waals surface area contributed by atoms with Gasteiger partial charge < -0.3 is 9.47 Å². The van der Waals surface area contributed by atoms with E-state index in [1.807, 2.05) is 21.6 Å². The van der Waals surface area contributed by atoms with Crippen molar-refractivity contribution in [1.82, 2.24) is 9.55 Å². The summed E-state index contributed by atoms with van der Waals surface area (Å²) >= 11 is 6.05. The van der Waals surface area contributed by atoms with Gasteiger partial charge in [-0.3, -0.25) is 9.78 Å². The van der Waals surface area contributed by atoms with E-state index in [9.17, 15) is 9.18 Å². The van der Waals surface area contributed by atoms with Crippen molar-refractivity contribution in [2.45, 2.75) is 44.7 Å². The molecular weight excluding hydrogens is 365 g/mol. The summed E-state index contributed by atoms with van der Waals surface area (Å²) in [7, 11) is 0. The Bertz CT molecular complexity index is 1090. The fraction of sp³-hybridized carbons (Fsp3) is 0.333.